The van der Waals surface area contributed by atoms with Crippen LogP contribution in [0.1, 0.15) is 99.8 Å². The number of rotatable bonds is 14. The van der Waals surface area contributed by atoms with Crippen molar-refractivity contribution in [3.63, 3.8) is 0 Å². The van der Waals surface area contributed by atoms with Crippen LogP contribution in [-0.2, 0) is 20.7 Å². The third-order valence-electron chi connectivity index (χ3n) is 9.00. The molecule has 11 nitrogen and oxygen atoms in total. The predicted molar refractivity (Wildman–Crippen MR) is 183 cm³/mol. The molecular formula is C37H54N2O9. The Kier molecular flexibility index (Phi) is 13.4. The van der Waals surface area contributed by atoms with Gasteiger partial charge in [0, 0.05) is 18.7 Å². The Morgan fingerprint density at radius 2 is 1.62 bits per heavy atom. The molecule has 5 atom stereocenters. The Hall–Kier alpha value is -3.32. The number of unbranched alkanes of at least 4 members (excludes halogenated alkanes) is 1. The average molecular weight is 671 g/mol. The molecule has 1 saturated heterocycles. The number of aryl methyl sites for hydroxylation is 1. The summed E-state index contributed by atoms with van der Waals surface area (Å²) in [6.07, 6.45) is -1.43. The van der Waals surface area contributed by atoms with Gasteiger partial charge in [0.2, 0.25) is 11.8 Å². The molecule has 0 bridgehead atoms. The van der Waals surface area contributed by atoms with Crippen LogP contribution in [0.25, 0.3) is 6.08 Å². The molecule has 0 aliphatic carbocycles. The summed E-state index contributed by atoms with van der Waals surface area (Å²) >= 11 is 0. The maximum absolute atomic E-state index is 13.2. The fraction of sp³-hybridized carbons (Fsp3) is 0.568. The molecule has 0 radical (unpaired) electrons. The number of carbonyl (C=O) groups is 2. The number of ether oxygens (including phenoxy) is 1. The Labute approximate surface area is 283 Å². The van der Waals surface area contributed by atoms with Gasteiger partial charge in [0.1, 0.15) is 41.8 Å². The minimum atomic E-state index is -1.56. The second-order valence-corrected chi connectivity index (χ2v) is 14.2. The van der Waals surface area contributed by atoms with Crippen molar-refractivity contribution in [1.82, 2.24) is 10.6 Å². The summed E-state index contributed by atoms with van der Waals surface area (Å²) in [5.41, 5.74) is 2.91. The van der Waals surface area contributed by atoms with E-state index < -0.39 is 48.1 Å². The predicted octanol–water partition coefficient (Wildman–Crippen LogP) is 2.75. The first-order valence-corrected chi connectivity index (χ1v) is 16.6. The van der Waals surface area contributed by atoms with E-state index in [1.807, 2.05) is 45.0 Å². The molecule has 0 spiro atoms. The zero-order valence-corrected chi connectivity index (χ0v) is 29.2. The van der Waals surface area contributed by atoms with E-state index in [1.54, 1.807) is 45.9 Å². The Bertz CT molecular complexity index is 1450. The van der Waals surface area contributed by atoms with Crippen molar-refractivity contribution in [3.8, 4) is 5.75 Å². The Morgan fingerprint density at radius 1 is 0.938 bits per heavy atom. The number of hydrogen-bond acceptors (Lipinski definition) is 9. The molecule has 2 aromatic carbocycles. The monoisotopic (exact) mass is 670 g/mol. The van der Waals surface area contributed by atoms with Crippen LogP contribution in [0.2, 0.25) is 0 Å². The summed E-state index contributed by atoms with van der Waals surface area (Å²) in [5.74, 6) is -0.647. The van der Waals surface area contributed by atoms with Gasteiger partial charge in [0.15, 0.2) is 0 Å². The molecule has 8 N–H and O–H groups in total. The van der Waals surface area contributed by atoms with E-state index in [1.165, 1.54) is 0 Å². The molecule has 2 aromatic rings. The molecule has 3 rings (SSSR count). The van der Waals surface area contributed by atoms with Gasteiger partial charge in [-0.2, -0.15) is 0 Å². The van der Waals surface area contributed by atoms with E-state index >= 15 is 0 Å². The van der Waals surface area contributed by atoms with E-state index in [4.69, 9.17) is 9.84 Å². The van der Waals surface area contributed by atoms with Gasteiger partial charge in [-0.05, 0) is 99.7 Å². The molecule has 1 heterocycles. The van der Waals surface area contributed by atoms with Gasteiger partial charge in [-0.25, -0.2) is 0 Å². The van der Waals surface area contributed by atoms with Gasteiger partial charge in [-0.15, -0.1) is 0 Å². The molecule has 266 valence electrons. The van der Waals surface area contributed by atoms with Crippen molar-refractivity contribution >= 4 is 17.9 Å². The number of phenolic OH excluding ortho intramolecular Hbond substituents is 1. The van der Waals surface area contributed by atoms with Crippen molar-refractivity contribution in [3.05, 3.63) is 69.8 Å². The van der Waals surface area contributed by atoms with Gasteiger partial charge in [0.25, 0.3) is 0 Å². The normalized spacial score (nSPS) is 21.9. The topological polar surface area (TPSA) is 189 Å². The molecule has 1 fully saturated rings. The summed E-state index contributed by atoms with van der Waals surface area (Å²) in [6, 6.07) is 9.35. The van der Waals surface area contributed by atoms with E-state index in [9.17, 15) is 35.1 Å². The van der Waals surface area contributed by atoms with Crippen LogP contribution in [0.3, 0.4) is 0 Å². The molecule has 1 aliphatic rings. The molecular weight excluding hydrogens is 616 g/mol. The number of nitrogens with one attached hydrogen (secondary N) is 2. The zero-order valence-electron chi connectivity index (χ0n) is 29.2. The van der Waals surface area contributed by atoms with Gasteiger partial charge >= 0.3 is 0 Å². The maximum Gasteiger partial charge on any atom is 0.245 e. The first kappa shape index (κ1) is 39.1. The quantitative estimate of drug-likeness (QED) is 0.140. The van der Waals surface area contributed by atoms with Crippen LogP contribution < -0.4 is 10.6 Å². The summed E-state index contributed by atoms with van der Waals surface area (Å²) in [4.78, 5) is 25.8. The van der Waals surface area contributed by atoms with E-state index in [0.717, 1.165) is 27.8 Å². The number of aliphatic hydroxyl groups is 5. The Morgan fingerprint density at radius 3 is 2.23 bits per heavy atom. The minimum absolute atomic E-state index is 0.0611. The summed E-state index contributed by atoms with van der Waals surface area (Å²) < 4.78 is 5.74. The second kappa shape index (κ2) is 16.4. The molecule has 2 amide bonds. The number of carbonyl (C=O) groups excluding carboxylic acids is 2. The second-order valence-electron chi connectivity index (χ2n) is 14.2. The summed E-state index contributed by atoms with van der Waals surface area (Å²) in [6.45, 7) is 12.8. The van der Waals surface area contributed by atoms with Crippen LogP contribution in [0.4, 0.5) is 0 Å². The van der Waals surface area contributed by atoms with Gasteiger partial charge < -0.3 is 46.0 Å². The lowest BCUT2D eigenvalue weighted by Gasteiger charge is -2.40. The smallest absolute Gasteiger partial charge is 0.245 e. The molecule has 0 unspecified atom stereocenters. The largest absolute Gasteiger partial charge is 0.508 e. The zero-order chi connectivity index (χ0) is 36.0. The molecule has 11 heteroatoms. The minimum Gasteiger partial charge on any atom is -0.508 e. The number of amides is 2. The van der Waals surface area contributed by atoms with Gasteiger partial charge in [-0.3, -0.25) is 9.59 Å². The lowest BCUT2D eigenvalue weighted by molar-refractivity contribution is -0.232. The van der Waals surface area contributed by atoms with Gasteiger partial charge in [-0.1, -0.05) is 44.2 Å². The first-order chi connectivity index (χ1) is 22.4. The fourth-order valence-corrected chi connectivity index (χ4v) is 5.71. The molecule has 0 saturated carbocycles. The highest BCUT2D eigenvalue weighted by molar-refractivity contribution is 5.93. The number of aliphatic hydroxyl groups excluding tert-OH is 5. The third-order valence-corrected chi connectivity index (χ3v) is 9.00. The molecule has 48 heavy (non-hydrogen) atoms. The van der Waals surface area contributed by atoms with Crippen molar-refractivity contribution in [2.75, 3.05) is 19.8 Å². The highest BCUT2D eigenvalue weighted by Crippen LogP contribution is 2.40. The fourth-order valence-electron chi connectivity index (χ4n) is 5.71. The standard InChI is InChI=1S/C37H54N2O9/c1-21(2)26-19-28(42)27(33-32(45)31(44)30(43)29(20-41)48-33)18-25(26)17-24-11-10-23(16-22(24)3)12-13-36(4,5)34(46)39-37(6,7)35(47)38-14-8-9-15-40/h10-13,16,18-19,21,29-33,40-45H,8-9,14-15,17,20H2,1-7H3,(H,38,47)(H,39,46)/b13-12+/t29-,30-,31+,32-,33+/m1/s1. The van der Waals surface area contributed by atoms with Crippen LogP contribution in [0.5, 0.6) is 5.75 Å². The van der Waals surface area contributed by atoms with Crippen LogP contribution in [-0.4, -0.2) is 92.2 Å². The van der Waals surface area contributed by atoms with E-state index in [0.29, 0.717) is 25.8 Å². The van der Waals surface area contributed by atoms with E-state index in [-0.39, 0.29) is 35.7 Å². The van der Waals surface area contributed by atoms with Gasteiger partial charge in [0.05, 0.1) is 12.0 Å². The van der Waals surface area contributed by atoms with Crippen LogP contribution in [0, 0.1) is 12.3 Å². The van der Waals surface area contributed by atoms with Crippen LogP contribution >= 0.6 is 0 Å². The van der Waals surface area contributed by atoms with E-state index in [2.05, 4.69) is 10.6 Å². The maximum atomic E-state index is 13.2. The van der Waals surface area contributed by atoms with Crippen molar-refractivity contribution in [2.45, 2.75) is 110 Å². The SMILES string of the molecule is Cc1cc(/C=C/C(C)(C)C(=O)NC(C)(C)C(=O)NCCCCO)ccc1Cc1cc([C@@H]2O[C@H](CO)[C@@H](O)[C@H](O)[C@H]2O)c(O)cc1C(C)C. The average Bonchev–Trinajstić information content (AvgIpc) is 3.02. The van der Waals surface area contributed by atoms with Crippen molar-refractivity contribution < 1.29 is 45.0 Å². The summed E-state index contributed by atoms with van der Waals surface area (Å²) in [7, 11) is 0. The highest BCUT2D eigenvalue weighted by Gasteiger charge is 2.45. The molecule has 1 aliphatic heterocycles. The lowest BCUT2D eigenvalue weighted by atomic mass is 9.85. The molecule has 0 aromatic heterocycles. The number of phenols is 1. The first-order valence-electron chi connectivity index (χ1n) is 16.6. The Balaban J connectivity index is 1.80. The third kappa shape index (κ3) is 9.43. The number of hydrogen-bond donors (Lipinski definition) is 8. The van der Waals surface area contributed by atoms with Crippen molar-refractivity contribution in [1.29, 1.82) is 0 Å². The van der Waals surface area contributed by atoms with Crippen molar-refractivity contribution in [2.24, 2.45) is 5.41 Å². The number of aromatic hydroxyl groups is 1. The van der Waals surface area contributed by atoms with Crippen LogP contribution in [0.15, 0.2) is 36.4 Å². The highest BCUT2D eigenvalue weighted by atomic mass is 16.5. The lowest BCUT2D eigenvalue weighted by Crippen LogP contribution is -2.57. The summed E-state index contributed by atoms with van der Waals surface area (Å²) in [5, 5.41) is 66.5. The number of benzene rings is 2.